The molecule has 1 amide bonds. The highest BCUT2D eigenvalue weighted by Gasteiger charge is 2.34. The van der Waals surface area contributed by atoms with Gasteiger partial charge in [0, 0.05) is 25.2 Å². The van der Waals surface area contributed by atoms with Crippen molar-refractivity contribution >= 4 is 5.91 Å². The summed E-state index contributed by atoms with van der Waals surface area (Å²) >= 11 is 0. The monoisotopic (exact) mass is 304 g/mol. The van der Waals surface area contributed by atoms with E-state index in [-0.39, 0.29) is 11.9 Å². The van der Waals surface area contributed by atoms with Crippen molar-refractivity contribution in [2.45, 2.75) is 43.8 Å². The van der Waals surface area contributed by atoms with Crippen LogP contribution >= 0.6 is 0 Å². The highest BCUT2D eigenvalue weighted by atomic mass is 16.5. The first kappa shape index (κ1) is 15.3. The van der Waals surface area contributed by atoms with E-state index in [0.29, 0.717) is 36.6 Å². The zero-order valence-electron chi connectivity index (χ0n) is 13.0. The van der Waals surface area contributed by atoms with Crippen LogP contribution in [0.2, 0.25) is 0 Å². The third-order valence-corrected chi connectivity index (χ3v) is 4.48. The molecule has 0 aliphatic carbocycles. The minimum atomic E-state index is -0.0423. The van der Waals surface area contributed by atoms with Gasteiger partial charge in [-0.2, -0.15) is 0 Å². The van der Waals surface area contributed by atoms with E-state index in [1.54, 1.807) is 7.11 Å². The summed E-state index contributed by atoms with van der Waals surface area (Å²) in [4.78, 5) is 12.6. The Bertz CT molecular complexity index is 508. The van der Waals surface area contributed by atoms with Gasteiger partial charge in [-0.25, -0.2) is 0 Å². The molecule has 1 aromatic rings. The lowest BCUT2D eigenvalue weighted by Crippen LogP contribution is -2.48. The Kier molecular flexibility index (Phi) is 4.95. The van der Waals surface area contributed by atoms with Crippen molar-refractivity contribution in [1.29, 1.82) is 0 Å². The summed E-state index contributed by atoms with van der Waals surface area (Å²) in [6.45, 7) is 0.950. The van der Waals surface area contributed by atoms with Gasteiger partial charge >= 0.3 is 0 Å². The fraction of sp³-hybridized carbons (Fsp3) is 0.588. The number of para-hydroxylation sites is 1. The fourth-order valence-corrected chi connectivity index (χ4v) is 3.45. The quantitative estimate of drug-likeness (QED) is 0.786. The van der Waals surface area contributed by atoms with Crippen LogP contribution in [-0.4, -0.2) is 44.4 Å². The molecule has 2 aliphatic rings. The van der Waals surface area contributed by atoms with Gasteiger partial charge in [-0.05, 0) is 37.8 Å². The van der Waals surface area contributed by atoms with Crippen molar-refractivity contribution in [3.05, 3.63) is 29.8 Å². The molecule has 2 heterocycles. The Morgan fingerprint density at radius 2 is 1.95 bits per heavy atom. The minimum absolute atomic E-state index is 0.0423. The second-order valence-electron chi connectivity index (χ2n) is 6.12. The summed E-state index contributed by atoms with van der Waals surface area (Å²) < 4.78 is 10.6. The largest absolute Gasteiger partial charge is 0.490 e. The second-order valence-corrected chi connectivity index (χ2v) is 6.12. The molecule has 2 bridgehead atoms. The zero-order chi connectivity index (χ0) is 15.4. The van der Waals surface area contributed by atoms with E-state index in [1.165, 1.54) is 12.8 Å². The molecule has 22 heavy (non-hydrogen) atoms. The number of nitrogens with one attached hydrogen (secondary N) is 2. The smallest absolute Gasteiger partial charge is 0.255 e. The molecule has 0 saturated carbocycles. The van der Waals surface area contributed by atoms with Gasteiger partial charge in [0.15, 0.2) is 0 Å². The van der Waals surface area contributed by atoms with E-state index < -0.39 is 0 Å². The van der Waals surface area contributed by atoms with E-state index in [9.17, 15) is 4.79 Å². The molecular formula is C17H24N2O3. The third-order valence-electron chi connectivity index (χ3n) is 4.48. The molecule has 2 saturated heterocycles. The molecule has 0 aromatic heterocycles. The van der Waals surface area contributed by atoms with Crippen molar-refractivity contribution in [2.24, 2.45) is 0 Å². The lowest BCUT2D eigenvalue weighted by Gasteiger charge is -2.29. The van der Waals surface area contributed by atoms with E-state index >= 15 is 0 Å². The zero-order valence-corrected chi connectivity index (χ0v) is 13.0. The number of carbonyl (C=O) groups excluding carboxylic acids is 1. The van der Waals surface area contributed by atoms with Gasteiger partial charge in [0.25, 0.3) is 5.91 Å². The Balaban J connectivity index is 1.62. The summed E-state index contributed by atoms with van der Waals surface area (Å²) in [6.07, 6.45) is 4.51. The number of amides is 1. The molecule has 2 atom stereocenters. The Hall–Kier alpha value is -1.59. The Morgan fingerprint density at radius 1 is 1.23 bits per heavy atom. The molecule has 120 valence electrons. The molecule has 0 spiro atoms. The number of piperidine rings is 1. The van der Waals surface area contributed by atoms with Crippen LogP contribution in [0.25, 0.3) is 0 Å². The summed E-state index contributed by atoms with van der Waals surface area (Å²) in [5, 5.41) is 6.77. The molecule has 0 radical (unpaired) electrons. The summed E-state index contributed by atoms with van der Waals surface area (Å²) in [6, 6.07) is 8.78. The molecule has 1 aromatic carbocycles. The molecular weight excluding hydrogens is 280 g/mol. The molecule has 3 rings (SSSR count). The summed E-state index contributed by atoms with van der Waals surface area (Å²) in [7, 11) is 1.63. The van der Waals surface area contributed by atoms with Gasteiger partial charge < -0.3 is 20.1 Å². The summed E-state index contributed by atoms with van der Waals surface area (Å²) in [5.74, 6) is 0.577. The van der Waals surface area contributed by atoms with E-state index in [2.05, 4.69) is 10.6 Å². The number of hydrogen-bond donors (Lipinski definition) is 2. The van der Waals surface area contributed by atoms with Gasteiger partial charge in [0.05, 0.1) is 12.2 Å². The van der Waals surface area contributed by atoms with Crippen molar-refractivity contribution in [1.82, 2.24) is 10.6 Å². The van der Waals surface area contributed by atoms with Crippen molar-refractivity contribution in [2.75, 3.05) is 20.3 Å². The van der Waals surface area contributed by atoms with Gasteiger partial charge in [-0.3, -0.25) is 4.79 Å². The number of carbonyl (C=O) groups is 1. The number of benzene rings is 1. The molecule has 5 heteroatoms. The predicted octanol–water partition coefficient (Wildman–Crippen LogP) is 1.72. The standard InChI is InChI=1S/C17H24N2O3/c1-21-8-9-22-16-5-3-2-4-15(16)17(20)19-14-10-12-6-7-13(11-14)18-12/h2-5,12-14,18H,6-11H2,1H3,(H,19,20). The molecule has 2 fully saturated rings. The average Bonchev–Trinajstić information content (AvgIpc) is 2.87. The lowest BCUT2D eigenvalue weighted by molar-refractivity contribution is 0.0916. The first-order valence-corrected chi connectivity index (χ1v) is 8.04. The maximum absolute atomic E-state index is 12.6. The van der Waals surface area contributed by atoms with E-state index in [0.717, 1.165) is 12.8 Å². The van der Waals surface area contributed by atoms with Crippen LogP contribution in [-0.2, 0) is 4.74 Å². The lowest BCUT2D eigenvalue weighted by atomic mass is 9.99. The number of rotatable bonds is 6. The maximum atomic E-state index is 12.6. The van der Waals surface area contributed by atoms with Crippen molar-refractivity contribution in [3.63, 3.8) is 0 Å². The van der Waals surface area contributed by atoms with Crippen LogP contribution in [0.3, 0.4) is 0 Å². The third kappa shape index (κ3) is 3.59. The molecule has 2 N–H and O–H groups in total. The highest BCUT2D eigenvalue weighted by molar-refractivity contribution is 5.97. The minimum Gasteiger partial charge on any atom is -0.490 e. The number of ether oxygens (including phenoxy) is 2. The normalized spacial score (nSPS) is 26.7. The van der Waals surface area contributed by atoms with Gasteiger partial charge in [-0.15, -0.1) is 0 Å². The van der Waals surface area contributed by atoms with Gasteiger partial charge in [0.2, 0.25) is 0 Å². The maximum Gasteiger partial charge on any atom is 0.255 e. The molecule has 5 nitrogen and oxygen atoms in total. The highest BCUT2D eigenvalue weighted by Crippen LogP contribution is 2.27. The number of methoxy groups -OCH3 is 1. The van der Waals surface area contributed by atoms with Crippen LogP contribution in [0.15, 0.2) is 24.3 Å². The SMILES string of the molecule is COCCOc1ccccc1C(=O)NC1CC2CCC(C1)N2. The fourth-order valence-electron chi connectivity index (χ4n) is 3.45. The van der Waals surface area contributed by atoms with Crippen LogP contribution in [0.4, 0.5) is 0 Å². The summed E-state index contributed by atoms with van der Waals surface area (Å²) in [5.41, 5.74) is 0.601. The average molecular weight is 304 g/mol. The van der Waals surface area contributed by atoms with Crippen molar-refractivity contribution in [3.8, 4) is 5.75 Å². The Morgan fingerprint density at radius 3 is 2.68 bits per heavy atom. The van der Waals surface area contributed by atoms with Crippen LogP contribution in [0.5, 0.6) is 5.75 Å². The van der Waals surface area contributed by atoms with Gasteiger partial charge in [-0.1, -0.05) is 12.1 Å². The van der Waals surface area contributed by atoms with Crippen LogP contribution in [0.1, 0.15) is 36.0 Å². The first-order valence-electron chi connectivity index (χ1n) is 8.04. The van der Waals surface area contributed by atoms with Crippen LogP contribution < -0.4 is 15.4 Å². The van der Waals surface area contributed by atoms with Crippen molar-refractivity contribution < 1.29 is 14.3 Å². The predicted molar refractivity (Wildman–Crippen MR) is 84.2 cm³/mol. The van der Waals surface area contributed by atoms with E-state index in [4.69, 9.17) is 9.47 Å². The number of fused-ring (bicyclic) bond motifs is 2. The topological polar surface area (TPSA) is 59.6 Å². The second kappa shape index (κ2) is 7.11. The molecule has 2 unspecified atom stereocenters. The van der Waals surface area contributed by atoms with Gasteiger partial charge in [0.1, 0.15) is 12.4 Å². The first-order chi connectivity index (χ1) is 10.8. The Labute approximate surface area is 131 Å². The van der Waals surface area contributed by atoms with E-state index in [1.807, 2.05) is 24.3 Å². The molecule has 2 aliphatic heterocycles. The number of hydrogen-bond acceptors (Lipinski definition) is 4. The van der Waals surface area contributed by atoms with Crippen LogP contribution in [0, 0.1) is 0 Å².